The van der Waals surface area contributed by atoms with Crippen molar-refractivity contribution in [3.8, 4) is 5.75 Å². The molecule has 0 radical (unpaired) electrons. The highest BCUT2D eigenvalue weighted by Gasteiger charge is 2.19. The molecule has 0 amide bonds. The average molecular weight is 340 g/mol. The molecule has 3 heteroatoms. The molecule has 1 unspecified atom stereocenters. The van der Waals surface area contributed by atoms with Crippen LogP contribution in [-0.2, 0) is 6.42 Å². The first-order valence-electron chi connectivity index (χ1n) is 7.83. The maximum Gasteiger partial charge on any atom is 0.120 e. The summed E-state index contributed by atoms with van der Waals surface area (Å²) in [7, 11) is 0. The van der Waals surface area contributed by atoms with E-state index in [1.165, 1.54) is 42.3 Å². The Hall–Kier alpha value is -0.540. The third-order valence-electron chi connectivity index (χ3n) is 3.89. The first kappa shape index (κ1) is 15.8. The van der Waals surface area contributed by atoms with Gasteiger partial charge in [-0.25, -0.2) is 0 Å². The summed E-state index contributed by atoms with van der Waals surface area (Å²) in [6, 6.07) is 7.17. The van der Waals surface area contributed by atoms with Crippen LogP contribution < -0.4 is 10.1 Å². The van der Waals surface area contributed by atoms with Crippen LogP contribution in [0.15, 0.2) is 22.7 Å². The average Bonchev–Trinajstić information content (AvgIpc) is 3.22. The molecule has 1 N–H and O–H groups in total. The molecule has 1 aromatic rings. The third-order valence-corrected chi connectivity index (χ3v) is 4.63. The van der Waals surface area contributed by atoms with E-state index in [0.29, 0.717) is 0 Å². The van der Waals surface area contributed by atoms with Gasteiger partial charge in [-0.15, -0.1) is 0 Å². The highest BCUT2D eigenvalue weighted by Crippen LogP contribution is 2.25. The van der Waals surface area contributed by atoms with Crippen LogP contribution in [0.25, 0.3) is 0 Å². The standard InChI is InChI=1S/C17H26BrNO/c1-3-20-16-9-6-14(17(18)12-16)5-4-13(2)10-11-19-15-7-8-15/h6,9,12-13,15,19H,3-5,7-8,10-11H2,1-2H3. The molecule has 2 rings (SSSR count). The predicted molar refractivity (Wildman–Crippen MR) is 88.4 cm³/mol. The minimum atomic E-state index is 0.719. The first-order chi connectivity index (χ1) is 9.69. The second kappa shape index (κ2) is 8.04. The lowest BCUT2D eigenvalue weighted by Gasteiger charge is -2.13. The lowest BCUT2D eigenvalue weighted by Crippen LogP contribution is -2.19. The molecule has 1 aromatic carbocycles. The van der Waals surface area contributed by atoms with Crippen molar-refractivity contribution in [3.05, 3.63) is 28.2 Å². The number of rotatable bonds is 9. The minimum Gasteiger partial charge on any atom is -0.494 e. The molecule has 1 atom stereocenters. The van der Waals surface area contributed by atoms with Crippen LogP contribution in [0.2, 0.25) is 0 Å². The Morgan fingerprint density at radius 2 is 2.15 bits per heavy atom. The third kappa shape index (κ3) is 5.45. The number of hydrogen-bond donors (Lipinski definition) is 1. The number of nitrogens with one attached hydrogen (secondary N) is 1. The van der Waals surface area contributed by atoms with E-state index < -0.39 is 0 Å². The molecule has 20 heavy (non-hydrogen) atoms. The number of ether oxygens (including phenoxy) is 1. The largest absolute Gasteiger partial charge is 0.494 e. The van der Waals surface area contributed by atoms with E-state index in [-0.39, 0.29) is 0 Å². The first-order valence-corrected chi connectivity index (χ1v) is 8.63. The Balaban J connectivity index is 1.71. The smallest absolute Gasteiger partial charge is 0.120 e. The quantitative estimate of drug-likeness (QED) is 0.712. The van der Waals surface area contributed by atoms with Crippen molar-refractivity contribution in [2.45, 2.75) is 52.0 Å². The van der Waals surface area contributed by atoms with Gasteiger partial charge in [-0.1, -0.05) is 28.9 Å². The van der Waals surface area contributed by atoms with Gasteiger partial charge in [0.1, 0.15) is 5.75 Å². The Morgan fingerprint density at radius 3 is 2.80 bits per heavy atom. The molecular formula is C17H26BrNO. The van der Waals surface area contributed by atoms with Crippen LogP contribution >= 0.6 is 15.9 Å². The maximum atomic E-state index is 5.51. The van der Waals surface area contributed by atoms with E-state index in [4.69, 9.17) is 4.74 Å². The fourth-order valence-electron chi connectivity index (χ4n) is 2.35. The summed E-state index contributed by atoms with van der Waals surface area (Å²) >= 11 is 3.65. The van der Waals surface area contributed by atoms with Gasteiger partial charge in [0.25, 0.3) is 0 Å². The summed E-state index contributed by atoms with van der Waals surface area (Å²) in [5, 5.41) is 3.59. The summed E-state index contributed by atoms with van der Waals surface area (Å²) in [5.74, 6) is 1.73. The van der Waals surface area contributed by atoms with Gasteiger partial charge in [0.15, 0.2) is 0 Å². The van der Waals surface area contributed by atoms with Crippen molar-refractivity contribution in [3.63, 3.8) is 0 Å². The number of halogens is 1. The van der Waals surface area contributed by atoms with E-state index in [1.807, 2.05) is 6.92 Å². The van der Waals surface area contributed by atoms with E-state index in [2.05, 4.69) is 46.4 Å². The van der Waals surface area contributed by atoms with Crippen LogP contribution in [0.4, 0.5) is 0 Å². The molecule has 1 saturated carbocycles. The van der Waals surface area contributed by atoms with Crippen LogP contribution in [-0.4, -0.2) is 19.2 Å². The Morgan fingerprint density at radius 1 is 1.35 bits per heavy atom. The lowest BCUT2D eigenvalue weighted by atomic mass is 9.98. The van der Waals surface area contributed by atoms with Gasteiger partial charge in [-0.05, 0) is 69.2 Å². The van der Waals surface area contributed by atoms with Crippen LogP contribution in [0.5, 0.6) is 5.75 Å². The highest BCUT2D eigenvalue weighted by molar-refractivity contribution is 9.10. The van der Waals surface area contributed by atoms with Crippen molar-refractivity contribution in [1.29, 1.82) is 0 Å². The minimum absolute atomic E-state index is 0.719. The number of aryl methyl sites for hydroxylation is 1. The summed E-state index contributed by atoms with van der Waals surface area (Å²) < 4.78 is 6.68. The monoisotopic (exact) mass is 339 g/mol. The summed E-state index contributed by atoms with van der Waals surface area (Å²) in [4.78, 5) is 0. The molecule has 0 aliphatic heterocycles. The van der Waals surface area contributed by atoms with Gasteiger partial charge in [0.05, 0.1) is 6.61 Å². The Labute approximate surface area is 131 Å². The van der Waals surface area contributed by atoms with Crippen molar-refractivity contribution in [2.75, 3.05) is 13.2 Å². The zero-order chi connectivity index (χ0) is 14.4. The summed E-state index contributed by atoms with van der Waals surface area (Å²) in [6.45, 7) is 6.27. The van der Waals surface area contributed by atoms with Gasteiger partial charge in [-0.3, -0.25) is 0 Å². The second-order valence-electron chi connectivity index (χ2n) is 5.85. The van der Waals surface area contributed by atoms with Crippen molar-refractivity contribution >= 4 is 15.9 Å². The molecule has 0 aromatic heterocycles. The maximum absolute atomic E-state index is 5.51. The zero-order valence-electron chi connectivity index (χ0n) is 12.6. The van der Waals surface area contributed by atoms with Gasteiger partial charge in [0, 0.05) is 10.5 Å². The molecule has 0 spiro atoms. The fraction of sp³-hybridized carbons (Fsp3) is 0.647. The fourth-order valence-corrected chi connectivity index (χ4v) is 2.91. The molecular weight excluding hydrogens is 314 g/mol. The van der Waals surface area contributed by atoms with Gasteiger partial charge in [0.2, 0.25) is 0 Å². The van der Waals surface area contributed by atoms with Crippen LogP contribution in [0.1, 0.15) is 45.1 Å². The molecule has 112 valence electrons. The van der Waals surface area contributed by atoms with E-state index in [9.17, 15) is 0 Å². The Kier molecular flexibility index (Phi) is 6.37. The molecule has 0 bridgehead atoms. The van der Waals surface area contributed by atoms with Crippen molar-refractivity contribution in [2.24, 2.45) is 5.92 Å². The molecule has 1 aliphatic carbocycles. The van der Waals surface area contributed by atoms with E-state index in [1.54, 1.807) is 0 Å². The number of benzene rings is 1. The van der Waals surface area contributed by atoms with Gasteiger partial charge < -0.3 is 10.1 Å². The van der Waals surface area contributed by atoms with E-state index in [0.717, 1.165) is 30.7 Å². The molecule has 2 nitrogen and oxygen atoms in total. The lowest BCUT2D eigenvalue weighted by molar-refractivity contribution is 0.340. The molecule has 1 aliphatic rings. The normalized spacial score (nSPS) is 16.1. The van der Waals surface area contributed by atoms with Crippen LogP contribution in [0.3, 0.4) is 0 Å². The van der Waals surface area contributed by atoms with Gasteiger partial charge in [-0.2, -0.15) is 0 Å². The molecule has 1 fully saturated rings. The summed E-state index contributed by atoms with van der Waals surface area (Å²) in [5.41, 5.74) is 1.38. The van der Waals surface area contributed by atoms with Gasteiger partial charge >= 0.3 is 0 Å². The van der Waals surface area contributed by atoms with E-state index >= 15 is 0 Å². The van der Waals surface area contributed by atoms with Crippen LogP contribution in [0, 0.1) is 5.92 Å². The molecule has 0 saturated heterocycles. The van der Waals surface area contributed by atoms with Crippen molar-refractivity contribution in [1.82, 2.24) is 5.32 Å². The zero-order valence-corrected chi connectivity index (χ0v) is 14.2. The Bertz CT molecular complexity index is 417. The highest BCUT2D eigenvalue weighted by atomic mass is 79.9. The predicted octanol–water partition coefficient (Wildman–Crippen LogP) is 4.56. The summed E-state index contributed by atoms with van der Waals surface area (Å²) in [6.07, 6.45) is 6.43. The topological polar surface area (TPSA) is 21.3 Å². The number of hydrogen-bond acceptors (Lipinski definition) is 2. The SMILES string of the molecule is CCOc1ccc(CCC(C)CCNC2CC2)c(Br)c1. The molecule has 0 heterocycles. The van der Waals surface area contributed by atoms with Crippen molar-refractivity contribution < 1.29 is 4.74 Å². The second-order valence-corrected chi connectivity index (χ2v) is 6.70.